The molecular weight excluding hydrogens is 391 g/mol. The van der Waals surface area contributed by atoms with E-state index >= 15 is 0 Å². The smallest absolute Gasteiger partial charge is 0.307 e. The average molecular weight is 410 g/mol. The highest BCUT2D eigenvalue weighted by Crippen LogP contribution is 2.26. The fourth-order valence-corrected chi connectivity index (χ4v) is 3.49. The van der Waals surface area contributed by atoms with Crippen molar-refractivity contribution in [2.45, 2.75) is 19.8 Å². The van der Waals surface area contributed by atoms with Gasteiger partial charge in [0.25, 0.3) is 5.69 Å². The van der Waals surface area contributed by atoms with Crippen molar-refractivity contribution in [1.29, 1.82) is 0 Å². The summed E-state index contributed by atoms with van der Waals surface area (Å²) in [7, 11) is 0. The summed E-state index contributed by atoms with van der Waals surface area (Å²) in [5, 5.41) is 15.2. The lowest BCUT2D eigenvalue weighted by Crippen LogP contribution is -2.19. The largest absolute Gasteiger partial charge is 0.451 e. The Morgan fingerprint density at radius 2 is 2.03 bits per heavy atom. The molecule has 0 bridgehead atoms. The number of nitro groups is 1. The number of nitrogens with zero attached hydrogens (tertiary/aromatic N) is 3. The summed E-state index contributed by atoms with van der Waals surface area (Å²) in [6, 6.07) is 8.65. The van der Waals surface area contributed by atoms with Gasteiger partial charge in [-0.15, -0.1) is 0 Å². The summed E-state index contributed by atoms with van der Waals surface area (Å²) >= 11 is 0. The normalized spacial score (nSPS) is 14.0. The van der Waals surface area contributed by atoms with Gasteiger partial charge in [-0.1, -0.05) is 0 Å². The second kappa shape index (κ2) is 7.94. The number of nitro benzene ring substituents is 1. The molecule has 0 unspecified atom stereocenters. The number of fused-ring (bicyclic) bond motifs is 1. The number of anilines is 1. The van der Waals surface area contributed by atoms with Gasteiger partial charge in [-0.3, -0.25) is 14.9 Å². The number of nitrogens with one attached hydrogen (secondary N) is 1. The highest BCUT2D eigenvalue weighted by molar-refractivity contribution is 5.97. The second-order valence-corrected chi connectivity index (χ2v) is 7.14. The predicted octanol–water partition coefficient (Wildman–Crippen LogP) is 4.15. The van der Waals surface area contributed by atoms with Gasteiger partial charge in [-0.05, 0) is 49.6 Å². The van der Waals surface area contributed by atoms with E-state index in [0.717, 1.165) is 31.5 Å². The van der Waals surface area contributed by atoms with E-state index < -0.39 is 10.8 Å². The van der Waals surface area contributed by atoms with Crippen LogP contribution < -0.4 is 10.3 Å². The molecule has 30 heavy (non-hydrogen) atoms. The van der Waals surface area contributed by atoms with E-state index in [1.165, 1.54) is 36.5 Å². The molecule has 1 aliphatic rings. The summed E-state index contributed by atoms with van der Waals surface area (Å²) in [5.41, 5.74) is 4.57. The number of non-ortho nitro benzene ring substituents is 1. The standard InChI is InChI=1S/C21H19FN4O4/c1-13-8-18(25-6-2-3-7-25)17(22)10-15(13)12-23-24-21(27)20-11-14-9-16(26(28)29)4-5-19(14)30-20/h4-5,8-12H,2-3,6-7H2,1H3,(H,24,27)/b23-12-. The molecule has 0 saturated carbocycles. The summed E-state index contributed by atoms with van der Waals surface area (Å²) in [6.45, 7) is 3.55. The van der Waals surface area contributed by atoms with Crippen LogP contribution in [-0.2, 0) is 0 Å². The molecule has 9 heteroatoms. The van der Waals surface area contributed by atoms with Gasteiger partial charge >= 0.3 is 5.91 Å². The summed E-state index contributed by atoms with van der Waals surface area (Å²) < 4.78 is 19.9. The zero-order valence-corrected chi connectivity index (χ0v) is 16.2. The number of aryl methyl sites for hydroxylation is 1. The number of carbonyl (C=O) groups excluding carboxylic acids is 1. The van der Waals surface area contributed by atoms with E-state index in [0.29, 0.717) is 22.2 Å². The summed E-state index contributed by atoms with van der Waals surface area (Å²) in [4.78, 5) is 24.6. The number of hydrogen-bond acceptors (Lipinski definition) is 6. The first-order chi connectivity index (χ1) is 14.4. The first kappa shape index (κ1) is 19.6. The Kier molecular flexibility index (Phi) is 5.18. The molecule has 1 saturated heterocycles. The van der Waals surface area contributed by atoms with Crippen LogP contribution in [0.15, 0.2) is 45.9 Å². The highest BCUT2D eigenvalue weighted by atomic mass is 19.1. The molecule has 4 rings (SSSR count). The van der Waals surface area contributed by atoms with E-state index in [-0.39, 0.29) is 17.3 Å². The highest BCUT2D eigenvalue weighted by Gasteiger charge is 2.18. The minimum absolute atomic E-state index is 0.0325. The maximum Gasteiger partial charge on any atom is 0.307 e. The lowest BCUT2D eigenvalue weighted by molar-refractivity contribution is -0.384. The third-order valence-electron chi connectivity index (χ3n) is 5.09. The van der Waals surface area contributed by atoms with Crippen molar-refractivity contribution in [2.24, 2.45) is 5.10 Å². The van der Waals surface area contributed by atoms with Gasteiger partial charge in [-0.2, -0.15) is 5.10 Å². The fourth-order valence-electron chi connectivity index (χ4n) is 3.49. The van der Waals surface area contributed by atoms with Gasteiger partial charge in [0.1, 0.15) is 11.4 Å². The molecule has 8 nitrogen and oxygen atoms in total. The molecule has 1 N–H and O–H groups in total. The third kappa shape index (κ3) is 3.86. The van der Waals surface area contributed by atoms with Gasteiger partial charge in [0.05, 0.1) is 16.8 Å². The van der Waals surface area contributed by atoms with Crippen LogP contribution in [0.3, 0.4) is 0 Å². The lowest BCUT2D eigenvalue weighted by Gasteiger charge is -2.19. The molecule has 0 aliphatic carbocycles. The quantitative estimate of drug-likeness (QED) is 0.387. The predicted molar refractivity (Wildman–Crippen MR) is 111 cm³/mol. The number of furan rings is 1. The fraction of sp³-hybridized carbons (Fsp3) is 0.238. The molecule has 2 aromatic carbocycles. The van der Waals surface area contributed by atoms with Crippen LogP contribution in [0.1, 0.15) is 34.5 Å². The van der Waals surface area contributed by atoms with E-state index in [9.17, 15) is 19.3 Å². The first-order valence-corrected chi connectivity index (χ1v) is 9.49. The van der Waals surface area contributed by atoms with Crippen LogP contribution in [-0.4, -0.2) is 30.1 Å². The van der Waals surface area contributed by atoms with Crippen LogP contribution >= 0.6 is 0 Å². The molecular formula is C21H19FN4O4. The molecule has 2 heterocycles. The molecule has 1 amide bonds. The number of rotatable bonds is 5. The monoisotopic (exact) mass is 410 g/mol. The summed E-state index contributed by atoms with van der Waals surface area (Å²) in [6.07, 6.45) is 3.49. The molecule has 1 aromatic heterocycles. The van der Waals surface area contributed by atoms with Crippen molar-refractivity contribution in [3.05, 3.63) is 69.2 Å². The number of hydrogen-bond donors (Lipinski definition) is 1. The number of halogens is 1. The molecule has 1 aliphatic heterocycles. The van der Waals surface area contributed by atoms with Gasteiger partial charge in [0.15, 0.2) is 5.76 Å². The zero-order chi connectivity index (χ0) is 21.3. The van der Waals surface area contributed by atoms with Crippen molar-refractivity contribution in [2.75, 3.05) is 18.0 Å². The van der Waals surface area contributed by atoms with E-state index in [1.807, 2.05) is 11.8 Å². The number of carbonyl (C=O) groups is 1. The minimum atomic E-state index is -0.614. The Bertz CT molecular complexity index is 1170. The van der Waals surface area contributed by atoms with Crippen LogP contribution in [0.5, 0.6) is 0 Å². The molecule has 3 aromatic rings. The van der Waals surface area contributed by atoms with E-state index in [1.54, 1.807) is 6.07 Å². The molecule has 0 radical (unpaired) electrons. The van der Waals surface area contributed by atoms with Crippen LogP contribution in [0.25, 0.3) is 11.0 Å². The Balaban J connectivity index is 1.47. The lowest BCUT2D eigenvalue weighted by atomic mass is 10.1. The number of benzene rings is 2. The SMILES string of the molecule is Cc1cc(N2CCCC2)c(F)cc1/C=N\NC(=O)c1cc2cc([N+](=O)[O-])ccc2o1. The molecule has 0 atom stereocenters. The van der Waals surface area contributed by atoms with Crippen molar-refractivity contribution < 1.29 is 18.5 Å². The van der Waals surface area contributed by atoms with E-state index in [2.05, 4.69) is 10.5 Å². The van der Waals surface area contributed by atoms with Crippen LogP contribution in [0, 0.1) is 22.9 Å². The molecule has 154 valence electrons. The first-order valence-electron chi connectivity index (χ1n) is 9.49. The van der Waals surface area contributed by atoms with Gasteiger partial charge < -0.3 is 9.32 Å². The Hall–Kier alpha value is -3.75. The Morgan fingerprint density at radius 3 is 2.77 bits per heavy atom. The molecule has 1 fully saturated rings. The average Bonchev–Trinajstić information content (AvgIpc) is 3.39. The van der Waals surface area contributed by atoms with Crippen LogP contribution in [0.4, 0.5) is 15.8 Å². The van der Waals surface area contributed by atoms with Crippen molar-refractivity contribution in [3.63, 3.8) is 0 Å². The molecule has 0 spiro atoms. The zero-order valence-electron chi connectivity index (χ0n) is 16.2. The summed E-state index contributed by atoms with van der Waals surface area (Å²) in [5.74, 6) is -0.971. The van der Waals surface area contributed by atoms with Crippen molar-refractivity contribution in [3.8, 4) is 0 Å². The van der Waals surface area contributed by atoms with Crippen LogP contribution in [0.2, 0.25) is 0 Å². The number of amides is 1. The Morgan fingerprint density at radius 1 is 1.27 bits per heavy atom. The van der Waals surface area contributed by atoms with E-state index in [4.69, 9.17) is 4.42 Å². The maximum atomic E-state index is 14.5. The second-order valence-electron chi connectivity index (χ2n) is 7.14. The van der Waals surface area contributed by atoms with Gasteiger partial charge in [-0.25, -0.2) is 9.82 Å². The topological polar surface area (TPSA) is 101 Å². The minimum Gasteiger partial charge on any atom is -0.451 e. The van der Waals surface area contributed by atoms with Gasteiger partial charge in [0.2, 0.25) is 0 Å². The Labute approximate surface area is 171 Å². The third-order valence-corrected chi connectivity index (χ3v) is 5.09. The number of hydrazone groups is 1. The van der Waals surface area contributed by atoms with Crippen molar-refractivity contribution in [1.82, 2.24) is 5.43 Å². The van der Waals surface area contributed by atoms with Gasteiger partial charge in [0, 0.05) is 36.2 Å². The maximum absolute atomic E-state index is 14.5. The van der Waals surface area contributed by atoms with Crippen molar-refractivity contribution >= 4 is 34.5 Å².